The highest BCUT2D eigenvalue weighted by atomic mass is 79.9. The van der Waals surface area contributed by atoms with E-state index < -0.39 is 12.0 Å². The first-order chi connectivity index (χ1) is 8.97. The van der Waals surface area contributed by atoms with Crippen molar-refractivity contribution in [3.63, 3.8) is 0 Å². The fourth-order valence-electron chi connectivity index (χ4n) is 1.75. The van der Waals surface area contributed by atoms with E-state index in [4.69, 9.17) is 11.6 Å². The van der Waals surface area contributed by atoms with Gasteiger partial charge in [-0.3, -0.25) is 4.79 Å². The molecule has 2 rings (SSSR count). The van der Waals surface area contributed by atoms with Crippen molar-refractivity contribution in [3.05, 3.63) is 33.3 Å². The van der Waals surface area contributed by atoms with Gasteiger partial charge in [0.2, 0.25) is 5.91 Å². The number of halogens is 2. The molecule has 1 aliphatic rings. The molecule has 0 unspecified atom stereocenters. The van der Waals surface area contributed by atoms with Gasteiger partial charge in [-0.05, 0) is 36.6 Å². The number of carboxylic acid groups (broad SMARTS) is 1. The van der Waals surface area contributed by atoms with Crippen molar-refractivity contribution in [1.29, 1.82) is 0 Å². The van der Waals surface area contributed by atoms with E-state index in [2.05, 4.69) is 21.2 Å². The highest BCUT2D eigenvalue weighted by molar-refractivity contribution is 9.10. The van der Waals surface area contributed by atoms with Crippen LogP contribution in [-0.2, 0) is 16.0 Å². The second-order valence-electron chi connectivity index (χ2n) is 4.61. The summed E-state index contributed by atoms with van der Waals surface area (Å²) in [6.45, 7) is 0. The van der Waals surface area contributed by atoms with Gasteiger partial charge in [0.05, 0.1) is 0 Å². The summed E-state index contributed by atoms with van der Waals surface area (Å²) < 4.78 is 0.781. The van der Waals surface area contributed by atoms with Crippen molar-refractivity contribution in [2.45, 2.75) is 25.3 Å². The molecular formula is C13H13BrClNO3. The van der Waals surface area contributed by atoms with Crippen LogP contribution >= 0.6 is 27.5 Å². The molecule has 1 fully saturated rings. The Hall–Kier alpha value is -1.07. The minimum Gasteiger partial charge on any atom is -0.480 e. The molecule has 0 radical (unpaired) electrons. The van der Waals surface area contributed by atoms with E-state index >= 15 is 0 Å². The fraction of sp³-hybridized carbons (Fsp3) is 0.385. The van der Waals surface area contributed by atoms with Gasteiger partial charge in [-0.15, -0.1) is 0 Å². The first-order valence-corrected chi connectivity index (χ1v) is 7.11. The molecule has 2 N–H and O–H groups in total. The third kappa shape index (κ3) is 3.94. The standard InChI is InChI=1S/C13H13BrClNO3/c14-10-4-3-9(15)5-8(10)6-11(13(18)19)16-12(17)7-1-2-7/h3-5,7,11H,1-2,6H2,(H,16,17)(H,18,19)/t11-/m1/s1. The van der Waals surface area contributed by atoms with Crippen LogP contribution in [0.3, 0.4) is 0 Å². The first kappa shape index (κ1) is 14.3. The topological polar surface area (TPSA) is 66.4 Å². The molecule has 4 nitrogen and oxygen atoms in total. The van der Waals surface area contributed by atoms with E-state index in [-0.39, 0.29) is 18.2 Å². The quantitative estimate of drug-likeness (QED) is 0.861. The molecule has 1 aromatic rings. The lowest BCUT2D eigenvalue weighted by molar-refractivity contribution is -0.142. The van der Waals surface area contributed by atoms with Crippen LogP contribution in [0.25, 0.3) is 0 Å². The Labute approximate surface area is 124 Å². The summed E-state index contributed by atoms with van der Waals surface area (Å²) in [6, 6.07) is 4.25. The molecule has 1 aromatic carbocycles. The Balaban J connectivity index is 2.09. The molecule has 0 aliphatic heterocycles. The fourth-order valence-corrected chi connectivity index (χ4v) is 2.36. The number of carboxylic acids is 1. The van der Waals surface area contributed by atoms with Crippen LogP contribution in [0.4, 0.5) is 0 Å². The van der Waals surface area contributed by atoms with E-state index in [1.165, 1.54) is 0 Å². The summed E-state index contributed by atoms with van der Waals surface area (Å²) in [7, 11) is 0. The lowest BCUT2D eigenvalue weighted by Gasteiger charge is -2.15. The zero-order valence-electron chi connectivity index (χ0n) is 10.0. The van der Waals surface area contributed by atoms with Crippen LogP contribution in [0.2, 0.25) is 5.02 Å². The number of carbonyl (C=O) groups excluding carboxylic acids is 1. The molecule has 0 spiro atoms. The maximum absolute atomic E-state index is 11.7. The van der Waals surface area contributed by atoms with Crippen LogP contribution in [0.15, 0.2) is 22.7 Å². The minimum absolute atomic E-state index is 0.00958. The van der Waals surface area contributed by atoms with E-state index in [9.17, 15) is 14.7 Å². The monoisotopic (exact) mass is 345 g/mol. The Morgan fingerprint density at radius 3 is 2.74 bits per heavy atom. The summed E-state index contributed by atoms with van der Waals surface area (Å²) in [5.41, 5.74) is 0.760. The summed E-state index contributed by atoms with van der Waals surface area (Å²) in [5, 5.41) is 12.3. The number of nitrogens with one attached hydrogen (secondary N) is 1. The van der Waals surface area contributed by atoms with Gasteiger partial charge in [-0.25, -0.2) is 4.79 Å². The summed E-state index contributed by atoms with van der Waals surface area (Å²) in [6.07, 6.45) is 1.90. The zero-order chi connectivity index (χ0) is 14.0. The Bertz CT molecular complexity index is 517. The smallest absolute Gasteiger partial charge is 0.326 e. The highest BCUT2D eigenvalue weighted by Crippen LogP contribution is 2.29. The third-order valence-electron chi connectivity index (χ3n) is 2.99. The van der Waals surface area contributed by atoms with Crippen LogP contribution in [0.1, 0.15) is 18.4 Å². The molecule has 0 bridgehead atoms. The van der Waals surface area contributed by atoms with Gasteiger partial charge >= 0.3 is 5.97 Å². The van der Waals surface area contributed by atoms with Gasteiger partial charge in [0.15, 0.2) is 0 Å². The van der Waals surface area contributed by atoms with Crippen LogP contribution in [0.5, 0.6) is 0 Å². The number of rotatable bonds is 5. The van der Waals surface area contributed by atoms with E-state index in [0.29, 0.717) is 5.02 Å². The van der Waals surface area contributed by atoms with Crippen molar-refractivity contribution in [3.8, 4) is 0 Å². The molecule has 1 saturated carbocycles. The van der Waals surface area contributed by atoms with Crippen molar-refractivity contribution >= 4 is 39.4 Å². The molecule has 0 aromatic heterocycles. The number of carbonyl (C=O) groups is 2. The second-order valence-corrected chi connectivity index (χ2v) is 5.90. The first-order valence-electron chi connectivity index (χ1n) is 5.94. The van der Waals surface area contributed by atoms with Crippen molar-refractivity contribution in [2.24, 2.45) is 5.92 Å². The van der Waals surface area contributed by atoms with Gasteiger partial charge in [-0.2, -0.15) is 0 Å². The van der Waals surface area contributed by atoms with Crippen molar-refractivity contribution < 1.29 is 14.7 Å². The molecule has 19 heavy (non-hydrogen) atoms. The number of aliphatic carboxylic acids is 1. The Morgan fingerprint density at radius 1 is 1.47 bits per heavy atom. The van der Waals surface area contributed by atoms with Gasteiger partial charge < -0.3 is 10.4 Å². The third-order valence-corrected chi connectivity index (χ3v) is 4.00. The molecule has 0 heterocycles. The lowest BCUT2D eigenvalue weighted by atomic mass is 10.1. The van der Waals surface area contributed by atoms with Crippen LogP contribution in [-0.4, -0.2) is 23.0 Å². The molecule has 0 saturated heterocycles. The van der Waals surface area contributed by atoms with Crippen molar-refractivity contribution in [2.75, 3.05) is 0 Å². The van der Waals surface area contributed by atoms with Crippen molar-refractivity contribution in [1.82, 2.24) is 5.32 Å². The molecule has 1 amide bonds. The van der Waals surface area contributed by atoms with E-state index in [0.717, 1.165) is 22.9 Å². The number of benzene rings is 1. The van der Waals surface area contributed by atoms with Gasteiger partial charge in [0.1, 0.15) is 6.04 Å². The molecule has 6 heteroatoms. The molecule has 1 aliphatic carbocycles. The van der Waals surface area contributed by atoms with E-state index in [1.54, 1.807) is 18.2 Å². The SMILES string of the molecule is O=C(N[C@H](Cc1cc(Cl)ccc1Br)C(=O)O)C1CC1. The van der Waals surface area contributed by atoms with Crippen LogP contribution < -0.4 is 5.32 Å². The average molecular weight is 347 g/mol. The molecular weight excluding hydrogens is 334 g/mol. The number of hydrogen-bond donors (Lipinski definition) is 2. The predicted octanol–water partition coefficient (Wildman–Crippen LogP) is 2.62. The normalized spacial score (nSPS) is 15.9. The van der Waals surface area contributed by atoms with Crippen LogP contribution in [0, 0.1) is 5.92 Å². The van der Waals surface area contributed by atoms with Gasteiger partial charge in [0.25, 0.3) is 0 Å². The van der Waals surface area contributed by atoms with Gasteiger partial charge in [-0.1, -0.05) is 27.5 Å². The average Bonchev–Trinajstić information content (AvgIpc) is 3.16. The summed E-state index contributed by atoms with van der Waals surface area (Å²) in [4.78, 5) is 22.9. The van der Waals surface area contributed by atoms with Gasteiger partial charge in [0, 0.05) is 21.8 Å². The Morgan fingerprint density at radius 2 is 2.16 bits per heavy atom. The predicted molar refractivity (Wildman–Crippen MR) is 75.1 cm³/mol. The largest absolute Gasteiger partial charge is 0.480 e. The molecule has 1 atom stereocenters. The minimum atomic E-state index is -1.04. The summed E-state index contributed by atoms with van der Waals surface area (Å²) >= 11 is 9.24. The second kappa shape index (κ2) is 5.92. The molecule has 102 valence electrons. The zero-order valence-corrected chi connectivity index (χ0v) is 12.4. The summed E-state index contributed by atoms with van der Waals surface area (Å²) in [5.74, 6) is -1.23. The lowest BCUT2D eigenvalue weighted by Crippen LogP contribution is -2.43. The Kier molecular flexibility index (Phi) is 4.47. The maximum Gasteiger partial charge on any atom is 0.326 e. The maximum atomic E-state index is 11.7. The highest BCUT2D eigenvalue weighted by Gasteiger charge is 2.32. The number of hydrogen-bond acceptors (Lipinski definition) is 2. The number of amides is 1. The van der Waals surface area contributed by atoms with E-state index in [1.807, 2.05) is 0 Å².